The fourth-order valence-corrected chi connectivity index (χ4v) is 3.26. The molecule has 1 saturated heterocycles. The molecule has 0 bridgehead atoms. The van der Waals surface area contributed by atoms with Gasteiger partial charge in [0.25, 0.3) is 0 Å². The summed E-state index contributed by atoms with van der Waals surface area (Å²) in [4.78, 5) is 2.31. The first-order valence-corrected chi connectivity index (χ1v) is 6.76. The van der Waals surface area contributed by atoms with Crippen molar-refractivity contribution in [3.8, 4) is 0 Å². The molecule has 5 heteroatoms. The Morgan fingerprint density at radius 3 is 2.88 bits per heavy atom. The lowest BCUT2D eigenvalue weighted by Gasteiger charge is -2.32. The average Bonchev–Trinajstić information content (AvgIpc) is 2.69. The second-order valence-corrected chi connectivity index (χ2v) is 5.34. The van der Waals surface area contributed by atoms with Gasteiger partial charge in [-0.25, -0.2) is 0 Å². The van der Waals surface area contributed by atoms with Crippen molar-refractivity contribution in [2.45, 2.75) is 6.23 Å². The second kappa shape index (κ2) is 4.41. The van der Waals surface area contributed by atoms with E-state index in [1.54, 1.807) is 0 Å². The van der Waals surface area contributed by atoms with Gasteiger partial charge in [0.15, 0.2) is 0 Å². The van der Waals surface area contributed by atoms with Crippen molar-refractivity contribution in [1.29, 1.82) is 0 Å². The van der Waals surface area contributed by atoms with E-state index in [1.807, 2.05) is 30.0 Å². The Morgan fingerprint density at radius 2 is 2.06 bits per heavy atom. The van der Waals surface area contributed by atoms with Gasteiger partial charge in [-0.3, -0.25) is 4.90 Å². The number of rotatable bonds is 1. The van der Waals surface area contributed by atoms with E-state index >= 15 is 0 Å². The molecule has 0 spiro atoms. The molecule has 2 aliphatic rings. The highest BCUT2D eigenvalue weighted by atomic mass is 32.2. The molecule has 0 saturated carbocycles. The highest BCUT2D eigenvalue weighted by Gasteiger charge is 2.38. The third-order valence-electron chi connectivity index (χ3n) is 3.16. The summed E-state index contributed by atoms with van der Waals surface area (Å²) in [6.45, 7) is 2.08. The Bertz CT molecular complexity index is 384. The van der Waals surface area contributed by atoms with Gasteiger partial charge in [0, 0.05) is 24.6 Å². The molecule has 0 aliphatic carbocycles. The van der Waals surface area contributed by atoms with E-state index in [4.69, 9.17) is 4.65 Å². The maximum absolute atomic E-state index is 9.83. The number of nitrogens with zero attached hydrogens (tertiary/aromatic N) is 1. The Morgan fingerprint density at radius 1 is 1.31 bits per heavy atom. The quantitative estimate of drug-likeness (QED) is 0.716. The maximum atomic E-state index is 9.83. The molecule has 0 amide bonds. The third-order valence-corrected chi connectivity index (χ3v) is 4.11. The van der Waals surface area contributed by atoms with Crippen LogP contribution in [0.1, 0.15) is 11.8 Å². The first-order valence-electron chi connectivity index (χ1n) is 5.60. The molecule has 3 nitrogen and oxygen atoms in total. The molecule has 1 N–H and O–H groups in total. The average molecular weight is 235 g/mol. The van der Waals surface area contributed by atoms with Crippen LogP contribution in [0.4, 0.5) is 0 Å². The zero-order chi connectivity index (χ0) is 11.0. The van der Waals surface area contributed by atoms with Crippen molar-refractivity contribution >= 4 is 24.3 Å². The normalized spacial score (nSPS) is 25.8. The molecular formula is C11H14BNO2S. The Hall–Kier alpha value is -0.485. The largest absolute Gasteiger partial charge is 0.492 e. The van der Waals surface area contributed by atoms with E-state index in [0.717, 1.165) is 35.6 Å². The summed E-state index contributed by atoms with van der Waals surface area (Å²) in [5.74, 6) is 2.30. The van der Waals surface area contributed by atoms with Gasteiger partial charge in [0.2, 0.25) is 0 Å². The van der Waals surface area contributed by atoms with E-state index in [2.05, 4.69) is 11.0 Å². The van der Waals surface area contributed by atoms with Gasteiger partial charge in [-0.05, 0) is 11.0 Å². The second-order valence-electron chi connectivity index (χ2n) is 4.12. The van der Waals surface area contributed by atoms with Gasteiger partial charge in [-0.15, -0.1) is 0 Å². The van der Waals surface area contributed by atoms with Crippen LogP contribution in [0.25, 0.3) is 0 Å². The van der Waals surface area contributed by atoms with E-state index in [9.17, 15) is 5.02 Å². The molecule has 84 valence electrons. The van der Waals surface area contributed by atoms with E-state index < -0.39 is 7.12 Å². The van der Waals surface area contributed by atoms with Crippen LogP contribution in [0, 0.1) is 0 Å². The minimum Gasteiger partial charge on any atom is -0.423 e. The lowest BCUT2D eigenvalue weighted by atomic mass is 9.79. The van der Waals surface area contributed by atoms with Gasteiger partial charge in [-0.1, -0.05) is 24.3 Å². The zero-order valence-electron chi connectivity index (χ0n) is 9.00. The Kier molecular flexibility index (Phi) is 2.94. The van der Waals surface area contributed by atoms with E-state index in [0.29, 0.717) is 0 Å². The van der Waals surface area contributed by atoms with Crippen molar-refractivity contribution in [3.05, 3.63) is 29.8 Å². The van der Waals surface area contributed by atoms with E-state index in [1.165, 1.54) is 0 Å². The van der Waals surface area contributed by atoms with Gasteiger partial charge in [0.05, 0.1) is 0 Å². The lowest BCUT2D eigenvalue weighted by molar-refractivity contribution is 0.0276. The van der Waals surface area contributed by atoms with Gasteiger partial charge in [0.1, 0.15) is 6.23 Å². The molecule has 1 atom stereocenters. The fraction of sp³-hybridized carbons (Fsp3) is 0.455. The molecule has 1 aromatic rings. The van der Waals surface area contributed by atoms with Crippen LogP contribution in [-0.2, 0) is 4.65 Å². The molecule has 3 rings (SSSR count). The zero-order valence-corrected chi connectivity index (χ0v) is 9.82. The van der Waals surface area contributed by atoms with Crippen LogP contribution in [0.5, 0.6) is 0 Å². The summed E-state index contributed by atoms with van der Waals surface area (Å²) in [5, 5.41) is 9.83. The smallest absolute Gasteiger partial charge is 0.423 e. The molecule has 0 radical (unpaired) electrons. The third kappa shape index (κ3) is 1.78. The highest BCUT2D eigenvalue weighted by molar-refractivity contribution is 7.99. The minimum absolute atomic E-state index is 0.0490. The standard InChI is InChI=1S/C11H14BNO2S/c14-12-10-4-2-1-3-9(10)11(15-12)13-5-7-16-8-6-13/h1-4,11,14H,5-8H2/t11-/m1/s1. The lowest BCUT2D eigenvalue weighted by Crippen LogP contribution is -2.36. The predicted molar refractivity (Wildman–Crippen MR) is 66.8 cm³/mol. The molecule has 0 unspecified atom stereocenters. The summed E-state index contributed by atoms with van der Waals surface area (Å²) in [5.41, 5.74) is 2.05. The summed E-state index contributed by atoms with van der Waals surface area (Å²) in [7, 11) is -0.754. The van der Waals surface area contributed by atoms with Crippen LogP contribution in [0.15, 0.2) is 24.3 Å². The SMILES string of the molecule is OB1O[C@@H](N2CCSCC2)c2ccccc21. The molecule has 0 aromatic heterocycles. The van der Waals surface area contributed by atoms with Crippen LogP contribution in [0.3, 0.4) is 0 Å². The van der Waals surface area contributed by atoms with E-state index in [-0.39, 0.29) is 6.23 Å². The molecule has 1 aromatic carbocycles. The van der Waals surface area contributed by atoms with Crippen molar-refractivity contribution < 1.29 is 9.68 Å². The molecule has 16 heavy (non-hydrogen) atoms. The minimum atomic E-state index is -0.754. The number of benzene rings is 1. The maximum Gasteiger partial charge on any atom is 0.492 e. The Balaban J connectivity index is 1.87. The van der Waals surface area contributed by atoms with Crippen LogP contribution in [0.2, 0.25) is 0 Å². The van der Waals surface area contributed by atoms with Crippen molar-refractivity contribution in [1.82, 2.24) is 4.90 Å². The number of hydrogen-bond donors (Lipinski definition) is 1. The summed E-state index contributed by atoms with van der Waals surface area (Å²) >= 11 is 1.98. The molecular weight excluding hydrogens is 221 g/mol. The van der Waals surface area contributed by atoms with Crippen LogP contribution in [-0.4, -0.2) is 41.6 Å². The summed E-state index contributed by atoms with van der Waals surface area (Å²) < 4.78 is 5.64. The summed E-state index contributed by atoms with van der Waals surface area (Å²) in [6.07, 6.45) is -0.0490. The number of thioether (sulfide) groups is 1. The van der Waals surface area contributed by atoms with Crippen LogP contribution < -0.4 is 5.46 Å². The fourth-order valence-electron chi connectivity index (χ4n) is 2.32. The van der Waals surface area contributed by atoms with Crippen LogP contribution >= 0.6 is 11.8 Å². The Labute approximate surface area is 99.9 Å². The monoisotopic (exact) mass is 235 g/mol. The first kappa shape index (κ1) is 10.7. The van der Waals surface area contributed by atoms with Gasteiger partial charge in [-0.2, -0.15) is 11.8 Å². The van der Waals surface area contributed by atoms with Crippen molar-refractivity contribution in [2.75, 3.05) is 24.6 Å². The van der Waals surface area contributed by atoms with Gasteiger partial charge < -0.3 is 9.68 Å². The number of fused-ring (bicyclic) bond motifs is 1. The molecule has 1 fully saturated rings. The molecule has 2 aliphatic heterocycles. The first-order chi connectivity index (χ1) is 7.86. The topological polar surface area (TPSA) is 32.7 Å². The summed E-state index contributed by atoms with van der Waals surface area (Å²) in [6, 6.07) is 7.95. The van der Waals surface area contributed by atoms with Gasteiger partial charge >= 0.3 is 7.12 Å². The predicted octanol–water partition coefficient (Wildman–Crippen LogP) is 0.452. The van der Waals surface area contributed by atoms with Crippen molar-refractivity contribution in [3.63, 3.8) is 0 Å². The number of hydrogen-bond acceptors (Lipinski definition) is 4. The van der Waals surface area contributed by atoms with Crippen molar-refractivity contribution in [2.24, 2.45) is 0 Å². The molecule has 2 heterocycles. The highest BCUT2D eigenvalue weighted by Crippen LogP contribution is 2.28.